The second kappa shape index (κ2) is 7.65. The molecule has 174 valence electrons. The van der Waals surface area contributed by atoms with Crippen molar-refractivity contribution in [2.45, 2.75) is 43.9 Å². The van der Waals surface area contributed by atoms with Gasteiger partial charge < -0.3 is 14.9 Å². The summed E-state index contributed by atoms with van der Waals surface area (Å²) in [5.41, 5.74) is 3.15. The van der Waals surface area contributed by atoms with Crippen LogP contribution in [0.15, 0.2) is 58.9 Å². The summed E-state index contributed by atoms with van der Waals surface area (Å²) in [5.74, 6) is 1.92. The minimum Gasteiger partial charge on any atom is -0.371 e. The van der Waals surface area contributed by atoms with E-state index in [4.69, 9.17) is 4.99 Å². The number of aliphatic imine (C=N–C) groups is 1. The fourth-order valence-corrected chi connectivity index (χ4v) is 6.43. The van der Waals surface area contributed by atoms with Gasteiger partial charge in [0.2, 0.25) is 5.91 Å². The molecule has 1 saturated heterocycles. The number of hydrogen-bond acceptors (Lipinski definition) is 5. The van der Waals surface area contributed by atoms with Gasteiger partial charge in [-0.15, -0.1) is 11.3 Å². The van der Waals surface area contributed by atoms with Crippen molar-refractivity contribution in [2.75, 3.05) is 19.6 Å². The number of carbonyl (C=O) groups excluding carboxylic acids is 1. The fraction of sp³-hybridized carbons (Fsp3) is 0.429. The molecule has 0 radical (unpaired) electrons. The van der Waals surface area contributed by atoms with Crippen LogP contribution in [0.4, 0.5) is 0 Å². The Balaban J connectivity index is 1.12. The smallest absolute Gasteiger partial charge is 0.225 e. The average Bonchev–Trinajstić information content (AvgIpc) is 3.74. The predicted molar refractivity (Wildman–Crippen MR) is 136 cm³/mol. The molecule has 6 heteroatoms. The van der Waals surface area contributed by atoms with Crippen LogP contribution in [0.3, 0.4) is 0 Å². The minimum atomic E-state index is -0.559. The number of carbonyl (C=O) groups is 1. The van der Waals surface area contributed by atoms with Gasteiger partial charge in [-0.25, -0.2) is 0 Å². The van der Waals surface area contributed by atoms with E-state index in [1.54, 1.807) is 11.3 Å². The van der Waals surface area contributed by atoms with Crippen LogP contribution in [-0.2, 0) is 4.79 Å². The van der Waals surface area contributed by atoms with Crippen molar-refractivity contribution < 1.29 is 9.90 Å². The van der Waals surface area contributed by atoms with Crippen LogP contribution in [-0.4, -0.2) is 58.1 Å². The molecule has 1 unspecified atom stereocenters. The number of fused-ring (bicyclic) bond motifs is 1. The summed E-state index contributed by atoms with van der Waals surface area (Å²) >= 11 is 1.77. The molecule has 3 aromatic rings. The van der Waals surface area contributed by atoms with Crippen molar-refractivity contribution in [1.29, 1.82) is 0 Å². The Bertz CT molecular complexity index is 1290. The van der Waals surface area contributed by atoms with Gasteiger partial charge in [-0.05, 0) is 78.1 Å². The van der Waals surface area contributed by atoms with Crippen molar-refractivity contribution in [3.63, 3.8) is 0 Å². The Hall–Kier alpha value is -2.70. The second-order valence-corrected chi connectivity index (χ2v) is 11.5. The first kappa shape index (κ1) is 20.7. The average molecular weight is 472 g/mol. The second-order valence-electron chi connectivity index (χ2n) is 10.5. The van der Waals surface area contributed by atoms with Crippen LogP contribution in [0.2, 0.25) is 0 Å². The van der Waals surface area contributed by atoms with E-state index in [0.717, 1.165) is 63.1 Å². The van der Waals surface area contributed by atoms with Crippen molar-refractivity contribution in [3.05, 3.63) is 59.5 Å². The fourth-order valence-electron chi connectivity index (χ4n) is 5.66. The molecule has 2 atom stereocenters. The molecule has 1 spiro atoms. The number of nitrogens with zero attached hydrogens (tertiary/aromatic N) is 3. The Morgan fingerprint density at radius 2 is 1.79 bits per heavy atom. The molecule has 2 saturated carbocycles. The van der Waals surface area contributed by atoms with Gasteiger partial charge in [-0.2, -0.15) is 0 Å². The Kier molecular flexibility index (Phi) is 4.65. The van der Waals surface area contributed by atoms with Gasteiger partial charge in [0.25, 0.3) is 0 Å². The number of thiophene rings is 1. The number of aliphatic hydroxyl groups excluding tert-OH is 1. The first-order chi connectivity index (χ1) is 16.6. The molecule has 3 fully saturated rings. The third-order valence-corrected chi connectivity index (χ3v) is 8.94. The molecule has 34 heavy (non-hydrogen) atoms. The van der Waals surface area contributed by atoms with Gasteiger partial charge in [0.1, 0.15) is 11.4 Å². The highest BCUT2D eigenvalue weighted by molar-refractivity contribution is 7.17. The van der Waals surface area contributed by atoms with E-state index in [9.17, 15) is 9.90 Å². The standard InChI is InChI=1S/C28H29N3O2S/c32-26(21-5-6-21)30-13-9-18(16-30)17-31-25(29-28(11-12-28)27(31)33)20-3-1-19(2-4-20)22-7-8-24-23(15-22)10-14-34-24/h1-4,7-8,10,14-15,18,21,27,33H,5-6,9,11-13,16-17H2/t18-,27?/m0/s1. The van der Waals surface area contributed by atoms with E-state index in [-0.39, 0.29) is 11.5 Å². The molecule has 1 aromatic heterocycles. The molecular weight excluding hydrogens is 442 g/mol. The van der Waals surface area contributed by atoms with Gasteiger partial charge in [0, 0.05) is 35.8 Å². The number of benzene rings is 2. The lowest BCUT2D eigenvalue weighted by atomic mass is 10.0. The summed E-state index contributed by atoms with van der Waals surface area (Å²) < 4.78 is 1.31. The minimum absolute atomic E-state index is 0.280. The van der Waals surface area contributed by atoms with Crippen LogP contribution in [0.25, 0.3) is 21.2 Å². The van der Waals surface area contributed by atoms with E-state index in [0.29, 0.717) is 11.8 Å². The predicted octanol–water partition coefficient (Wildman–Crippen LogP) is 4.74. The molecule has 7 rings (SSSR count). The summed E-state index contributed by atoms with van der Waals surface area (Å²) in [7, 11) is 0. The van der Waals surface area contributed by atoms with Gasteiger partial charge in [-0.1, -0.05) is 30.3 Å². The van der Waals surface area contributed by atoms with Crippen molar-refractivity contribution in [2.24, 2.45) is 16.8 Å². The summed E-state index contributed by atoms with van der Waals surface area (Å²) in [6.45, 7) is 2.42. The number of aliphatic hydroxyl groups is 1. The molecule has 1 amide bonds. The molecule has 2 aromatic carbocycles. The molecule has 0 bridgehead atoms. The number of amides is 1. The Morgan fingerprint density at radius 3 is 2.56 bits per heavy atom. The highest BCUT2D eigenvalue weighted by Gasteiger charge is 2.57. The van der Waals surface area contributed by atoms with Crippen LogP contribution in [0, 0.1) is 11.8 Å². The molecule has 5 nitrogen and oxygen atoms in total. The summed E-state index contributed by atoms with van der Waals surface area (Å²) in [4.78, 5) is 21.7. The Labute approximate surface area is 203 Å². The van der Waals surface area contributed by atoms with E-state index < -0.39 is 6.23 Å². The van der Waals surface area contributed by atoms with Gasteiger partial charge in [0.15, 0.2) is 6.23 Å². The summed E-state index contributed by atoms with van der Waals surface area (Å²) in [6, 6.07) is 17.4. The van der Waals surface area contributed by atoms with Gasteiger partial charge in [0.05, 0.1) is 0 Å². The highest BCUT2D eigenvalue weighted by Crippen LogP contribution is 2.49. The maximum absolute atomic E-state index is 12.5. The molecular formula is C28H29N3O2S. The lowest BCUT2D eigenvalue weighted by Gasteiger charge is -2.29. The van der Waals surface area contributed by atoms with Crippen LogP contribution < -0.4 is 0 Å². The summed E-state index contributed by atoms with van der Waals surface area (Å²) in [5, 5.41) is 14.6. The zero-order valence-electron chi connectivity index (χ0n) is 19.2. The van der Waals surface area contributed by atoms with Crippen LogP contribution >= 0.6 is 11.3 Å². The number of amidine groups is 1. The Morgan fingerprint density at radius 1 is 1.03 bits per heavy atom. The van der Waals surface area contributed by atoms with E-state index >= 15 is 0 Å². The third kappa shape index (κ3) is 3.46. The van der Waals surface area contributed by atoms with Crippen molar-refractivity contribution in [1.82, 2.24) is 9.80 Å². The SMILES string of the molecule is O=C(C1CC1)N1CC[C@H](CN2C(c3ccc(-c4ccc5sccc5c4)cc3)=NC3(CC3)C2O)C1. The monoisotopic (exact) mass is 471 g/mol. The van der Waals surface area contributed by atoms with Gasteiger partial charge in [-0.3, -0.25) is 9.79 Å². The lowest BCUT2D eigenvalue weighted by molar-refractivity contribution is -0.131. The van der Waals surface area contributed by atoms with Crippen molar-refractivity contribution >= 4 is 33.2 Å². The van der Waals surface area contributed by atoms with E-state index in [2.05, 4.69) is 58.8 Å². The maximum atomic E-state index is 12.5. The normalized spacial score (nSPS) is 25.4. The highest BCUT2D eigenvalue weighted by atomic mass is 32.1. The molecule has 3 heterocycles. The largest absolute Gasteiger partial charge is 0.371 e. The molecule has 4 aliphatic rings. The number of likely N-dealkylation sites (tertiary alicyclic amines) is 1. The zero-order valence-corrected chi connectivity index (χ0v) is 20.0. The molecule has 1 N–H and O–H groups in total. The topological polar surface area (TPSA) is 56.1 Å². The lowest BCUT2D eigenvalue weighted by Crippen LogP contribution is -2.44. The summed E-state index contributed by atoms with van der Waals surface area (Å²) in [6.07, 6.45) is 4.46. The number of hydrogen-bond donors (Lipinski definition) is 1. The molecule has 2 aliphatic carbocycles. The number of rotatable bonds is 5. The van der Waals surface area contributed by atoms with Gasteiger partial charge >= 0.3 is 0 Å². The van der Waals surface area contributed by atoms with Crippen LogP contribution in [0.5, 0.6) is 0 Å². The van der Waals surface area contributed by atoms with E-state index in [1.807, 2.05) is 4.90 Å². The maximum Gasteiger partial charge on any atom is 0.225 e. The zero-order chi connectivity index (χ0) is 22.9. The first-order valence-corrected chi connectivity index (χ1v) is 13.4. The first-order valence-electron chi connectivity index (χ1n) is 12.5. The third-order valence-electron chi connectivity index (χ3n) is 8.05. The molecule has 2 aliphatic heterocycles. The van der Waals surface area contributed by atoms with E-state index in [1.165, 1.54) is 21.2 Å². The van der Waals surface area contributed by atoms with Crippen LogP contribution in [0.1, 0.15) is 37.7 Å². The quantitative estimate of drug-likeness (QED) is 0.585. The van der Waals surface area contributed by atoms with Crippen molar-refractivity contribution in [3.8, 4) is 11.1 Å².